The van der Waals surface area contributed by atoms with Crippen LogP contribution in [0.4, 0.5) is 0 Å². The number of hydrogen-bond donors (Lipinski definition) is 0. The number of carbonyl (C=O) groups excluding carboxylic acids is 2. The van der Waals surface area contributed by atoms with Crippen molar-refractivity contribution in [3.05, 3.63) is 0 Å². The van der Waals surface area contributed by atoms with Gasteiger partial charge in [-0.25, -0.2) is 0 Å². The molecule has 0 saturated heterocycles. The molecule has 1 unspecified atom stereocenters. The summed E-state index contributed by atoms with van der Waals surface area (Å²) in [6.45, 7) is 11.9. The summed E-state index contributed by atoms with van der Waals surface area (Å²) in [6, 6.07) is 0. The smallest absolute Gasteiger partial charge is 0.192 e. The zero-order valence-electron chi connectivity index (χ0n) is 22.9. The minimum atomic E-state index is -1.70. The van der Waals surface area contributed by atoms with Gasteiger partial charge in [0.15, 0.2) is 8.32 Å². The highest BCUT2D eigenvalue weighted by atomic mass is 28.4. The predicted octanol–water partition coefficient (Wildman–Crippen LogP) is 9.19. The second-order valence-electron chi connectivity index (χ2n) is 12.4. The molecular weight excluding hydrogens is 424 g/mol. The number of hydrogen-bond acceptors (Lipinski definition) is 3. The summed E-state index contributed by atoms with van der Waals surface area (Å²) in [5, 5.41) is 0.284. The van der Waals surface area contributed by atoms with E-state index in [-0.39, 0.29) is 5.04 Å². The van der Waals surface area contributed by atoms with Crippen molar-refractivity contribution in [3.63, 3.8) is 0 Å². The summed E-state index contributed by atoms with van der Waals surface area (Å²) in [6.07, 6.45) is 25.8. The van der Waals surface area contributed by atoms with Gasteiger partial charge in [0.25, 0.3) is 0 Å². The monoisotopic (exact) mass is 480 g/mol. The Morgan fingerprint density at radius 3 is 1.61 bits per heavy atom. The van der Waals surface area contributed by atoms with E-state index in [1.165, 1.54) is 96.3 Å². The molecule has 0 radical (unpaired) electrons. The van der Waals surface area contributed by atoms with E-state index < -0.39 is 8.32 Å². The SMILES string of the molecule is CC(C)(C)[Si](C)(C)OC1CCC(CCCCCCCCC=O)(CCCCCCCCC=O)C1. The van der Waals surface area contributed by atoms with E-state index >= 15 is 0 Å². The Balaban J connectivity index is 2.48. The molecule has 0 heterocycles. The maximum atomic E-state index is 10.5. The van der Waals surface area contributed by atoms with Crippen LogP contribution in [0.25, 0.3) is 0 Å². The van der Waals surface area contributed by atoms with Crippen molar-refractivity contribution in [1.82, 2.24) is 0 Å². The third kappa shape index (κ3) is 12.7. The third-order valence-electron chi connectivity index (χ3n) is 8.48. The van der Waals surface area contributed by atoms with E-state index in [1.54, 1.807) is 0 Å². The van der Waals surface area contributed by atoms with Crippen molar-refractivity contribution in [1.29, 1.82) is 0 Å². The topological polar surface area (TPSA) is 43.4 Å². The summed E-state index contributed by atoms with van der Waals surface area (Å²) in [4.78, 5) is 20.9. The average Bonchev–Trinajstić information content (AvgIpc) is 3.13. The lowest BCUT2D eigenvalue weighted by molar-refractivity contribution is -0.108. The van der Waals surface area contributed by atoms with Crippen LogP contribution in [-0.4, -0.2) is 27.0 Å². The molecule has 1 fully saturated rings. The van der Waals surface area contributed by atoms with Crippen molar-refractivity contribution >= 4 is 20.9 Å². The van der Waals surface area contributed by atoms with Gasteiger partial charge in [-0.1, -0.05) is 85.0 Å². The average molecular weight is 481 g/mol. The van der Waals surface area contributed by atoms with Crippen LogP contribution in [0.1, 0.15) is 143 Å². The van der Waals surface area contributed by atoms with Gasteiger partial charge in [0.05, 0.1) is 0 Å². The van der Waals surface area contributed by atoms with Crippen LogP contribution in [0.3, 0.4) is 0 Å². The van der Waals surface area contributed by atoms with E-state index in [2.05, 4.69) is 33.9 Å². The first-order valence-corrected chi connectivity index (χ1v) is 17.1. The van der Waals surface area contributed by atoms with Gasteiger partial charge in [0.1, 0.15) is 12.6 Å². The van der Waals surface area contributed by atoms with Crippen LogP contribution < -0.4 is 0 Å². The van der Waals surface area contributed by atoms with Gasteiger partial charge in [-0.3, -0.25) is 0 Å². The molecule has 1 aliphatic carbocycles. The van der Waals surface area contributed by atoms with Gasteiger partial charge < -0.3 is 14.0 Å². The number of unbranched alkanes of at least 4 members (excludes halogenated alkanes) is 12. The molecule has 0 aromatic rings. The second kappa shape index (κ2) is 16.2. The zero-order valence-corrected chi connectivity index (χ0v) is 23.9. The molecule has 33 heavy (non-hydrogen) atoms. The molecule has 194 valence electrons. The first-order valence-electron chi connectivity index (χ1n) is 14.2. The summed E-state index contributed by atoms with van der Waals surface area (Å²) >= 11 is 0. The molecule has 1 rings (SSSR count). The van der Waals surface area contributed by atoms with Crippen molar-refractivity contribution in [2.24, 2.45) is 5.41 Å². The summed E-state index contributed by atoms with van der Waals surface area (Å²) < 4.78 is 6.87. The van der Waals surface area contributed by atoms with Gasteiger partial charge >= 0.3 is 0 Å². The molecule has 0 aromatic carbocycles. The molecule has 1 aliphatic rings. The van der Waals surface area contributed by atoms with Crippen LogP contribution in [0.5, 0.6) is 0 Å². The highest BCUT2D eigenvalue weighted by Gasteiger charge is 2.44. The van der Waals surface area contributed by atoms with E-state index in [4.69, 9.17) is 4.43 Å². The van der Waals surface area contributed by atoms with Crippen LogP contribution in [-0.2, 0) is 14.0 Å². The van der Waals surface area contributed by atoms with E-state index in [0.29, 0.717) is 11.5 Å². The number of rotatable bonds is 20. The molecule has 0 bridgehead atoms. The lowest BCUT2D eigenvalue weighted by atomic mass is 9.76. The molecule has 1 saturated carbocycles. The standard InChI is InChI=1S/C29H56O3Si/c1-28(2,3)33(4,5)32-27-20-23-29(26-27,21-16-12-8-6-10-14-18-24-30)22-17-13-9-7-11-15-19-25-31/h24-25,27H,6-23,26H2,1-5H3. The van der Waals surface area contributed by atoms with Gasteiger partial charge in [-0.05, 0) is 68.5 Å². The minimum absolute atomic E-state index is 0.284. The Kier molecular flexibility index (Phi) is 15.0. The first kappa shape index (κ1) is 30.5. The summed E-state index contributed by atoms with van der Waals surface area (Å²) in [5.74, 6) is 0. The van der Waals surface area contributed by atoms with Gasteiger partial charge in [0, 0.05) is 18.9 Å². The fourth-order valence-electron chi connectivity index (χ4n) is 5.30. The third-order valence-corrected chi connectivity index (χ3v) is 13.0. The van der Waals surface area contributed by atoms with Gasteiger partial charge in [-0.2, -0.15) is 0 Å². The molecule has 4 heteroatoms. The molecule has 0 N–H and O–H groups in total. The molecule has 3 nitrogen and oxygen atoms in total. The van der Waals surface area contributed by atoms with Crippen LogP contribution in [0.2, 0.25) is 18.1 Å². The lowest BCUT2D eigenvalue weighted by Gasteiger charge is -2.39. The Labute approximate surface area is 207 Å². The summed E-state index contributed by atoms with van der Waals surface area (Å²) in [5.41, 5.74) is 0.502. The first-order chi connectivity index (χ1) is 15.7. The van der Waals surface area contributed by atoms with E-state index in [9.17, 15) is 9.59 Å². The van der Waals surface area contributed by atoms with Gasteiger partial charge in [-0.15, -0.1) is 0 Å². The normalized spacial score (nSPS) is 18.5. The fourth-order valence-corrected chi connectivity index (χ4v) is 6.69. The van der Waals surface area contributed by atoms with Crippen molar-refractivity contribution in [3.8, 4) is 0 Å². The van der Waals surface area contributed by atoms with E-state index in [1.807, 2.05) is 0 Å². The van der Waals surface area contributed by atoms with Crippen molar-refractivity contribution in [2.75, 3.05) is 0 Å². The van der Waals surface area contributed by atoms with Crippen LogP contribution >= 0.6 is 0 Å². The molecule has 0 amide bonds. The van der Waals surface area contributed by atoms with Gasteiger partial charge in [0.2, 0.25) is 0 Å². The maximum Gasteiger partial charge on any atom is 0.192 e. The lowest BCUT2D eigenvalue weighted by Crippen LogP contribution is -2.43. The minimum Gasteiger partial charge on any atom is -0.414 e. The highest BCUT2D eigenvalue weighted by molar-refractivity contribution is 6.74. The Hall–Kier alpha value is -0.483. The molecule has 0 aromatic heterocycles. The number of carbonyl (C=O) groups is 2. The quantitative estimate of drug-likeness (QED) is 0.0990. The molecule has 0 spiro atoms. The highest BCUT2D eigenvalue weighted by Crippen LogP contribution is 2.49. The maximum absolute atomic E-state index is 10.5. The Bertz CT molecular complexity index is 499. The zero-order chi connectivity index (χ0) is 24.6. The molecular formula is C29H56O3Si. The second-order valence-corrected chi connectivity index (χ2v) is 17.2. The predicted molar refractivity (Wildman–Crippen MR) is 144 cm³/mol. The number of aldehydes is 2. The Morgan fingerprint density at radius 2 is 1.18 bits per heavy atom. The van der Waals surface area contributed by atoms with Crippen molar-refractivity contribution in [2.45, 2.75) is 167 Å². The largest absolute Gasteiger partial charge is 0.414 e. The van der Waals surface area contributed by atoms with E-state index in [0.717, 1.165) is 38.3 Å². The van der Waals surface area contributed by atoms with Crippen LogP contribution in [0.15, 0.2) is 0 Å². The fraction of sp³-hybridized carbons (Fsp3) is 0.931. The van der Waals surface area contributed by atoms with Crippen LogP contribution in [0, 0.1) is 5.41 Å². The molecule has 0 aliphatic heterocycles. The summed E-state index contributed by atoms with van der Waals surface area (Å²) in [7, 11) is -1.70. The molecule has 1 atom stereocenters. The Morgan fingerprint density at radius 1 is 0.758 bits per heavy atom. The van der Waals surface area contributed by atoms with Crippen molar-refractivity contribution < 1.29 is 14.0 Å².